The number of β-amino-alcohol motifs (C(OH)–C–C–N with tert-alkyl or cyclic N) is 1. The molecule has 1 aliphatic rings. The maximum Gasteiger partial charge on any atom is 0.418 e. The van der Waals surface area contributed by atoms with Gasteiger partial charge in [0.1, 0.15) is 11.3 Å². The molecule has 0 bridgehead atoms. The van der Waals surface area contributed by atoms with Crippen LogP contribution < -0.4 is 5.56 Å². The van der Waals surface area contributed by atoms with Gasteiger partial charge in [-0.2, -0.15) is 13.2 Å². The highest BCUT2D eigenvalue weighted by Crippen LogP contribution is 2.40. The average Bonchev–Trinajstić information content (AvgIpc) is 3.16. The topological polar surface area (TPSA) is 57.8 Å². The second-order valence-electron chi connectivity index (χ2n) is 8.79. The number of pyridine rings is 1. The van der Waals surface area contributed by atoms with Crippen LogP contribution in [0.1, 0.15) is 31.5 Å². The van der Waals surface area contributed by atoms with Gasteiger partial charge in [-0.1, -0.05) is 30.8 Å². The number of likely N-dealkylation sites (tertiary alicyclic amines) is 1. The maximum absolute atomic E-state index is 14.5. The SMILES string of the molecule is C=C(c1ccc(-c2cccn3c(=O)cc(C(C)(C)F)nc23)cc1)N1CCC(O)(C(F)(F)F)C1. The summed E-state index contributed by atoms with van der Waals surface area (Å²) < 4.78 is 55.2. The second kappa shape index (κ2) is 7.69. The number of hydrogen-bond acceptors (Lipinski definition) is 4. The van der Waals surface area contributed by atoms with Crippen LogP contribution in [0.15, 0.2) is 60.0 Å². The smallest absolute Gasteiger partial charge is 0.379 e. The minimum Gasteiger partial charge on any atom is -0.379 e. The van der Waals surface area contributed by atoms with Crippen molar-refractivity contribution in [3.05, 3.63) is 76.9 Å². The molecule has 3 aromatic rings. The van der Waals surface area contributed by atoms with Crippen molar-refractivity contribution >= 4 is 11.3 Å². The zero-order chi connectivity index (χ0) is 24.2. The molecule has 1 atom stereocenters. The number of halogens is 4. The summed E-state index contributed by atoms with van der Waals surface area (Å²) in [5, 5.41) is 9.92. The summed E-state index contributed by atoms with van der Waals surface area (Å²) in [5.74, 6) is 0. The third kappa shape index (κ3) is 4.13. The Morgan fingerprint density at radius 3 is 2.39 bits per heavy atom. The Kier molecular flexibility index (Phi) is 5.35. The predicted molar refractivity (Wildman–Crippen MR) is 117 cm³/mol. The van der Waals surface area contributed by atoms with E-state index in [1.807, 2.05) is 0 Å². The minimum absolute atomic E-state index is 0.0242. The first-order chi connectivity index (χ1) is 15.3. The largest absolute Gasteiger partial charge is 0.418 e. The van der Waals surface area contributed by atoms with Gasteiger partial charge in [-0.3, -0.25) is 9.20 Å². The number of aliphatic hydroxyl groups is 1. The molecule has 3 heterocycles. The van der Waals surface area contributed by atoms with Gasteiger partial charge >= 0.3 is 6.18 Å². The summed E-state index contributed by atoms with van der Waals surface area (Å²) in [6.07, 6.45) is -3.58. The first kappa shape index (κ1) is 23.0. The van der Waals surface area contributed by atoms with E-state index in [1.54, 1.807) is 42.6 Å². The fourth-order valence-corrected chi connectivity index (χ4v) is 3.94. The molecule has 1 saturated heterocycles. The molecule has 2 aromatic heterocycles. The van der Waals surface area contributed by atoms with Crippen LogP contribution >= 0.6 is 0 Å². The first-order valence-corrected chi connectivity index (χ1v) is 10.4. The van der Waals surface area contributed by atoms with Crippen LogP contribution in [0.4, 0.5) is 17.6 Å². The Morgan fingerprint density at radius 1 is 1.15 bits per heavy atom. The lowest BCUT2D eigenvalue weighted by Gasteiger charge is -2.27. The van der Waals surface area contributed by atoms with Crippen LogP contribution in [0.25, 0.3) is 22.5 Å². The molecule has 0 amide bonds. The highest BCUT2D eigenvalue weighted by atomic mass is 19.4. The molecule has 1 aliphatic heterocycles. The van der Waals surface area contributed by atoms with Crippen molar-refractivity contribution in [1.82, 2.24) is 14.3 Å². The molecule has 174 valence electrons. The predicted octanol–water partition coefficient (Wildman–Crippen LogP) is 4.54. The number of hydrogen-bond donors (Lipinski definition) is 1. The molecular weight excluding hydrogens is 438 g/mol. The van der Waals surface area contributed by atoms with Crippen LogP contribution in [0.3, 0.4) is 0 Å². The lowest BCUT2D eigenvalue weighted by atomic mass is 10.0. The van der Waals surface area contributed by atoms with Gasteiger partial charge in [0.05, 0.1) is 12.2 Å². The van der Waals surface area contributed by atoms with E-state index < -0.39 is 36.0 Å². The van der Waals surface area contributed by atoms with E-state index in [0.717, 1.165) is 0 Å². The summed E-state index contributed by atoms with van der Waals surface area (Å²) in [7, 11) is 0. The summed E-state index contributed by atoms with van der Waals surface area (Å²) in [6.45, 7) is 6.02. The number of nitrogens with zero attached hydrogens (tertiary/aromatic N) is 3. The van der Waals surface area contributed by atoms with Gasteiger partial charge in [0, 0.05) is 36.5 Å². The van der Waals surface area contributed by atoms with Crippen molar-refractivity contribution in [1.29, 1.82) is 0 Å². The van der Waals surface area contributed by atoms with E-state index in [0.29, 0.717) is 28.0 Å². The minimum atomic E-state index is -4.71. The molecule has 1 unspecified atom stereocenters. The van der Waals surface area contributed by atoms with Crippen LogP contribution in [0.5, 0.6) is 0 Å². The van der Waals surface area contributed by atoms with Gasteiger partial charge in [-0.25, -0.2) is 9.37 Å². The van der Waals surface area contributed by atoms with Crippen LogP contribution in [0.2, 0.25) is 0 Å². The Labute approximate surface area is 187 Å². The average molecular weight is 461 g/mol. The van der Waals surface area contributed by atoms with E-state index in [4.69, 9.17) is 0 Å². The summed E-state index contributed by atoms with van der Waals surface area (Å²) in [4.78, 5) is 18.3. The zero-order valence-corrected chi connectivity index (χ0v) is 18.2. The van der Waals surface area contributed by atoms with E-state index >= 15 is 0 Å². The molecule has 1 aromatic carbocycles. The highest BCUT2D eigenvalue weighted by Gasteiger charge is 2.57. The molecule has 1 fully saturated rings. The number of rotatable bonds is 4. The molecule has 0 saturated carbocycles. The van der Waals surface area contributed by atoms with Crippen LogP contribution in [-0.2, 0) is 5.67 Å². The normalized spacial score (nSPS) is 19.3. The van der Waals surface area contributed by atoms with Crippen molar-refractivity contribution in [3.63, 3.8) is 0 Å². The molecule has 0 radical (unpaired) electrons. The molecule has 0 spiro atoms. The zero-order valence-electron chi connectivity index (χ0n) is 18.2. The van der Waals surface area contributed by atoms with Crippen molar-refractivity contribution in [2.24, 2.45) is 0 Å². The Morgan fingerprint density at radius 2 is 1.82 bits per heavy atom. The summed E-state index contributed by atoms with van der Waals surface area (Å²) in [6, 6.07) is 11.5. The fourth-order valence-electron chi connectivity index (χ4n) is 3.94. The quantitative estimate of drug-likeness (QED) is 0.580. The van der Waals surface area contributed by atoms with Crippen molar-refractivity contribution < 1.29 is 22.7 Å². The monoisotopic (exact) mass is 461 g/mol. The summed E-state index contributed by atoms with van der Waals surface area (Å²) in [5.41, 5.74) is -2.36. The van der Waals surface area contributed by atoms with Gasteiger partial charge in [-0.15, -0.1) is 0 Å². The van der Waals surface area contributed by atoms with Gasteiger partial charge in [0.25, 0.3) is 5.56 Å². The lowest BCUT2D eigenvalue weighted by molar-refractivity contribution is -0.253. The molecule has 33 heavy (non-hydrogen) atoms. The third-order valence-electron chi connectivity index (χ3n) is 5.99. The lowest BCUT2D eigenvalue weighted by Crippen LogP contribution is -2.47. The van der Waals surface area contributed by atoms with E-state index in [1.165, 1.54) is 29.2 Å². The highest BCUT2D eigenvalue weighted by molar-refractivity contribution is 5.78. The fraction of sp³-hybridized carbons (Fsp3) is 0.333. The van der Waals surface area contributed by atoms with Gasteiger partial charge in [0.15, 0.2) is 5.60 Å². The molecule has 5 nitrogen and oxygen atoms in total. The molecule has 1 N–H and O–H groups in total. The van der Waals surface area contributed by atoms with Crippen molar-refractivity contribution in [2.45, 2.75) is 37.7 Å². The Hall–Kier alpha value is -3.20. The van der Waals surface area contributed by atoms with E-state index in [-0.39, 0.29) is 12.2 Å². The molecular formula is C24H23F4N3O2. The van der Waals surface area contributed by atoms with E-state index in [9.17, 15) is 27.5 Å². The second-order valence-corrected chi connectivity index (χ2v) is 8.79. The molecule has 0 aliphatic carbocycles. The third-order valence-corrected chi connectivity index (χ3v) is 5.99. The van der Waals surface area contributed by atoms with E-state index in [2.05, 4.69) is 11.6 Å². The van der Waals surface area contributed by atoms with Crippen LogP contribution in [0, 0.1) is 0 Å². The van der Waals surface area contributed by atoms with Crippen molar-refractivity contribution in [3.8, 4) is 11.1 Å². The summed E-state index contributed by atoms with van der Waals surface area (Å²) >= 11 is 0. The number of aromatic nitrogens is 2. The van der Waals surface area contributed by atoms with Gasteiger partial charge in [0.2, 0.25) is 0 Å². The number of fused-ring (bicyclic) bond motifs is 1. The van der Waals surface area contributed by atoms with Gasteiger partial charge < -0.3 is 10.0 Å². The standard InChI is InChI=1S/C24H23F4N3O2/c1-15(30-12-10-23(33,14-30)24(26,27)28)16-6-8-17(9-7-16)18-5-4-11-31-20(32)13-19(22(2,3)25)29-21(18)31/h4-9,11,13,33H,1,10,12,14H2,2-3H3. The maximum atomic E-state index is 14.5. The molecule has 4 rings (SSSR count). The Balaban J connectivity index is 1.66. The van der Waals surface area contributed by atoms with Crippen LogP contribution in [-0.4, -0.2) is 44.3 Å². The first-order valence-electron chi connectivity index (χ1n) is 10.4. The molecule has 9 heteroatoms. The number of benzene rings is 1. The Bertz CT molecular complexity index is 1280. The van der Waals surface area contributed by atoms with Crippen molar-refractivity contribution in [2.75, 3.05) is 13.1 Å². The number of alkyl halides is 4. The van der Waals surface area contributed by atoms with Gasteiger partial charge in [-0.05, 0) is 37.1 Å².